The molecule has 0 aromatic carbocycles. The molecule has 0 aliphatic rings. The van der Waals surface area contributed by atoms with Gasteiger partial charge in [-0.3, -0.25) is 0 Å². The van der Waals surface area contributed by atoms with E-state index in [0.29, 0.717) is 0 Å². The first-order valence-corrected chi connectivity index (χ1v) is 3.48. The summed E-state index contributed by atoms with van der Waals surface area (Å²) >= 11 is 0. The standard InChI is InChI=1S/C6H14.HNO3/c1-3-5-6-4-2;2-1(3)4/h3-6H2,1-2H3;(H,2,3,4). The molecule has 4 heteroatoms. The van der Waals surface area contributed by atoms with E-state index < -0.39 is 5.09 Å². The molecule has 0 unspecified atom stereocenters. The molecule has 4 nitrogen and oxygen atoms in total. The van der Waals surface area contributed by atoms with Gasteiger partial charge in [-0.05, 0) is 0 Å². The molecule has 0 amide bonds. The minimum atomic E-state index is -1.50. The third-order valence-corrected chi connectivity index (χ3v) is 0.957. The molecule has 1 N–H and O–H groups in total. The van der Waals surface area contributed by atoms with Gasteiger partial charge in [0, 0.05) is 0 Å². The van der Waals surface area contributed by atoms with Crippen molar-refractivity contribution in [1.29, 1.82) is 0 Å². The van der Waals surface area contributed by atoms with Crippen molar-refractivity contribution in [2.45, 2.75) is 39.5 Å². The zero-order chi connectivity index (χ0) is 8.41. The van der Waals surface area contributed by atoms with Gasteiger partial charge in [-0.1, -0.05) is 39.5 Å². The van der Waals surface area contributed by atoms with Crippen LogP contribution in [0.4, 0.5) is 0 Å². The molecule has 0 saturated carbocycles. The molecule has 10 heavy (non-hydrogen) atoms. The summed E-state index contributed by atoms with van der Waals surface area (Å²) < 4.78 is 0. The van der Waals surface area contributed by atoms with Gasteiger partial charge in [0.1, 0.15) is 0 Å². The zero-order valence-corrected chi connectivity index (χ0v) is 6.54. The van der Waals surface area contributed by atoms with Crippen LogP contribution in [0.3, 0.4) is 0 Å². The zero-order valence-electron chi connectivity index (χ0n) is 6.54. The molecule has 0 bridgehead atoms. The highest BCUT2D eigenvalue weighted by Crippen LogP contribution is 1.95. The summed E-state index contributed by atoms with van der Waals surface area (Å²) in [5, 5.41) is 13.6. The molecule has 0 aliphatic heterocycles. The molecular formula is C6H15NO3. The molecule has 0 aromatic rings. The van der Waals surface area contributed by atoms with E-state index >= 15 is 0 Å². The number of hydrogen-bond acceptors (Lipinski definition) is 2. The van der Waals surface area contributed by atoms with E-state index in [-0.39, 0.29) is 0 Å². The molecule has 0 fully saturated rings. The minimum Gasteiger partial charge on any atom is -0.328 e. The number of hydrogen-bond donors (Lipinski definition) is 1. The van der Waals surface area contributed by atoms with Gasteiger partial charge >= 0.3 is 0 Å². The maximum absolute atomic E-state index is 8.36. The van der Waals surface area contributed by atoms with Crippen molar-refractivity contribution in [3.05, 3.63) is 10.1 Å². The highest BCUT2D eigenvalue weighted by Gasteiger charge is 1.75. The van der Waals surface area contributed by atoms with Crippen LogP contribution in [0, 0.1) is 10.1 Å². The Hall–Kier alpha value is -0.800. The quantitative estimate of drug-likeness (QED) is 0.380. The number of rotatable bonds is 3. The topological polar surface area (TPSA) is 63.4 Å². The van der Waals surface area contributed by atoms with Crippen molar-refractivity contribution in [3.8, 4) is 0 Å². The maximum atomic E-state index is 8.36. The highest BCUT2D eigenvalue weighted by atomic mass is 16.9. The molecule has 62 valence electrons. The molecule has 0 atom stereocenters. The van der Waals surface area contributed by atoms with E-state index in [9.17, 15) is 0 Å². The van der Waals surface area contributed by atoms with Crippen LogP contribution >= 0.6 is 0 Å². The van der Waals surface area contributed by atoms with E-state index in [1.54, 1.807) is 0 Å². The van der Waals surface area contributed by atoms with Gasteiger partial charge in [0.15, 0.2) is 0 Å². The van der Waals surface area contributed by atoms with Crippen molar-refractivity contribution in [1.82, 2.24) is 0 Å². The number of unbranched alkanes of at least 4 members (excludes halogenated alkanes) is 3. The molecular weight excluding hydrogens is 134 g/mol. The molecule has 0 spiro atoms. The Labute approximate surface area is 61.0 Å². The maximum Gasteiger partial charge on any atom is 0.291 e. The van der Waals surface area contributed by atoms with Crippen LogP contribution in [0.5, 0.6) is 0 Å². The SMILES string of the molecule is CCCCCC.O=[N+]([O-])O. The monoisotopic (exact) mass is 149 g/mol. The van der Waals surface area contributed by atoms with Crippen molar-refractivity contribution in [2.24, 2.45) is 0 Å². The lowest BCUT2D eigenvalue weighted by molar-refractivity contribution is -0.742. The van der Waals surface area contributed by atoms with Gasteiger partial charge in [-0.2, -0.15) is 0 Å². The molecule has 0 radical (unpaired) electrons. The lowest BCUT2D eigenvalue weighted by atomic mass is 10.2. The van der Waals surface area contributed by atoms with Crippen molar-refractivity contribution in [3.63, 3.8) is 0 Å². The molecule has 0 aliphatic carbocycles. The second-order valence-electron chi connectivity index (χ2n) is 1.94. The lowest BCUT2D eigenvalue weighted by Crippen LogP contribution is -1.81. The van der Waals surface area contributed by atoms with E-state index in [0.717, 1.165) is 0 Å². The van der Waals surface area contributed by atoms with Crippen molar-refractivity contribution in [2.75, 3.05) is 0 Å². The van der Waals surface area contributed by atoms with E-state index in [4.69, 9.17) is 15.3 Å². The smallest absolute Gasteiger partial charge is 0.291 e. The molecule has 0 heterocycles. The summed E-state index contributed by atoms with van der Waals surface area (Å²) in [7, 11) is 0. The first-order valence-electron chi connectivity index (χ1n) is 3.48. The van der Waals surface area contributed by atoms with Crippen LogP contribution in [-0.4, -0.2) is 10.3 Å². The van der Waals surface area contributed by atoms with Gasteiger partial charge in [-0.15, -0.1) is 10.1 Å². The largest absolute Gasteiger partial charge is 0.328 e. The Bertz CT molecular complexity index is 67.4. The fraction of sp³-hybridized carbons (Fsp3) is 1.00. The molecule has 0 aromatic heterocycles. The summed E-state index contributed by atoms with van der Waals surface area (Å²) in [6.07, 6.45) is 5.54. The van der Waals surface area contributed by atoms with Crippen LogP contribution in [0.2, 0.25) is 0 Å². The van der Waals surface area contributed by atoms with Gasteiger partial charge in [0.25, 0.3) is 5.09 Å². The first-order chi connectivity index (χ1) is 4.65. The normalized spacial score (nSPS) is 7.80. The van der Waals surface area contributed by atoms with Crippen LogP contribution in [0.25, 0.3) is 0 Å². The van der Waals surface area contributed by atoms with Crippen LogP contribution in [0.15, 0.2) is 0 Å². The molecule has 0 saturated heterocycles. The first kappa shape index (κ1) is 11.9. The van der Waals surface area contributed by atoms with Crippen LogP contribution < -0.4 is 0 Å². The second kappa shape index (κ2) is 11.1. The number of nitrogens with zero attached hydrogens (tertiary/aromatic N) is 1. The van der Waals surface area contributed by atoms with E-state index in [1.165, 1.54) is 25.7 Å². The van der Waals surface area contributed by atoms with Gasteiger partial charge in [0.05, 0.1) is 0 Å². The third-order valence-electron chi connectivity index (χ3n) is 0.957. The average molecular weight is 149 g/mol. The summed E-state index contributed by atoms with van der Waals surface area (Å²) in [4.78, 5) is 8.36. The van der Waals surface area contributed by atoms with E-state index in [1.807, 2.05) is 0 Å². The van der Waals surface area contributed by atoms with Crippen molar-refractivity contribution < 1.29 is 10.3 Å². The lowest BCUT2D eigenvalue weighted by Gasteiger charge is -1.86. The Balaban J connectivity index is 0. The Kier molecular flexibility index (Phi) is 13.2. The third kappa shape index (κ3) is 57.2. The van der Waals surface area contributed by atoms with Crippen molar-refractivity contribution >= 4 is 0 Å². The molecule has 0 rings (SSSR count). The van der Waals surface area contributed by atoms with Gasteiger partial charge < -0.3 is 5.21 Å². The Morgan fingerprint density at radius 1 is 1.30 bits per heavy atom. The summed E-state index contributed by atoms with van der Waals surface area (Å²) in [5.41, 5.74) is 0. The highest BCUT2D eigenvalue weighted by molar-refractivity contribution is 4.31. The Morgan fingerprint density at radius 3 is 1.60 bits per heavy atom. The van der Waals surface area contributed by atoms with Crippen LogP contribution in [0.1, 0.15) is 39.5 Å². The average Bonchev–Trinajstić information content (AvgIpc) is 1.82. The predicted octanol–water partition coefficient (Wildman–Crippen LogP) is 2.24. The fourth-order valence-electron chi connectivity index (χ4n) is 0.500. The van der Waals surface area contributed by atoms with Gasteiger partial charge in [0.2, 0.25) is 0 Å². The van der Waals surface area contributed by atoms with Crippen LogP contribution in [-0.2, 0) is 0 Å². The van der Waals surface area contributed by atoms with Gasteiger partial charge in [-0.25, -0.2) is 0 Å². The predicted molar refractivity (Wildman–Crippen MR) is 38.6 cm³/mol. The van der Waals surface area contributed by atoms with E-state index in [2.05, 4.69) is 13.8 Å². The summed E-state index contributed by atoms with van der Waals surface area (Å²) in [6, 6.07) is 0. The second-order valence-corrected chi connectivity index (χ2v) is 1.94. The Morgan fingerprint density at radius 2 is 1.50 bits per heavy atom. The fourth-order valence-corrected chi connectivity index (χ4v) is 0.500. The summed E-state index contributed by atoms with van der Waals surface area (Å²) in [6.45, 7) is 4.46. The minimum absolute atomic E-state index is 1.36. The summed E-state index contributed by atoms with van der Waals surface area (Å²) in [5.74, 6) is 0.